The molecule has 0 saturated carbocycles. The molecule has 0 fully saturated rings. The van der Waals surface area contributed by atoms with Crippen LogP contribution in [-0.2, 0) is 4.79 Å². The molecular weight excluding hydrogens is 216 g/mol. The highest BCUT2D eigenvalue weighted by molar-refractivity contribution is 8.76. The number of nitrogens with one attached hydrogen (secondary N) is 1. The second-order valence-electron chi connectivity index (χ2n) is 2.47. The Kier molecular flexibility index (Phi) is 5.47. The number of carbonyl (C=O) groups excluding carboxylic acids is 1. The van der Waals surface area contributed by atoms with Crippen LogP contribution in [0.1, 0.15) is 6.92 Å². The molecule has 3 nitrogen and oxygen atoms in total. The Morgan fingerprint density at radius 3 is 3.07 bits per heavy atom. The van der Waals surface area contributed by atoms with Crippen LogP contribution in [0.2, 0.25) is 0 Å². The Morgan fingerprint density at radius 2 is 2.43 bits per heavy atom. The minimum Gasteiger partial charge on any atom is -0.356 e. The smallest absolute Gasteiger partial charge is 0.230 e. The molecule has 1 aromatic heterocycles. The fourth-order valence-corrected chi connectivity index (χ4v) is 2.57. The van der Waals surface area contributed by atoms with E-state index in [2.05, 4.69) is 10.3 Å². The van der Waals surface area contributed by atoms with Crippen LogP contribution in [0.4, 0.5) is 0 Å². The normalized spacial score (nSPS) is 9.79. The fraction of sp³-hybridized carbons (Fsp3) is 0.333. The lowest BCUT2D eigenvalue weighted by atomic mass is 10.5. The Hall–Kier alpha value is -0.680. The van der Waals surface area contributed by atoms with Gasteiger partial charge in [0.2, 0.25) is 5.91 Å². The molecule has 0 aliphatic carbocycles. The molecule has 0 aliphatic heterocycles. The van der Waals surface area contributed by atoms with Gasteiger partial charge < -0.3 is 5.32 Å². The molecule has 0 spiro atoms. The van der Waals surface area contributed by atoms with Crippen LogP contribution < -0.4 is 5.32 Å². The number of rotatable bonds is 5. The predicted molar refractivity (Wildman–Crippen MR) is 61.2 cm³/mol. The highest BCUT2D eigenvalue weighted by atomic mass is 33.1. The maximum Gasteiger partial charge on any atom is 0.230 e. The van der Waals surface area contributed by atoms with Gasteiger partial charge in [-0.05, 0) is 29.9 Å². The molecule has 1 aromatic rings. The molecule has 0 unspecified atom stereocenters. The van der Waals surface area contributed by atoms with Gasteiger partial charge in [0.25, 0.3) is 0 Å². The lowest BCUT2D eigenvalue weighted by Gasteiger charge is -2.00. The van der Waals surface area contributed by atoms with E-state index in [1.807, 2.05) is 25.1 Å². The average molecular weight is 228 g/mol. The Bertz CT molecular complexity index is 279. The van der Waals surface area contributed by atoms with Gasteiger partial charge in [0.15, 0.2) is 0 Å². The lowest BCUT2D eigenvalue weighted by Crippen LogP contribution is -2.24. The minimum atomic E-state index is 0.0703. The van der Waals surface area contributed by atoms with E-state index in [1.54, 1.807) is 6.20 Å². The van der Waals surface area contributed by atoms with Crippen molar-refractivity contribution in [1.82, 2.24) is 10.3 Å². The Balaban J connectivity index is 2.19. The van der Waals surface area contributed by atoms with Crippen molar-refractivity contribution in [3.63, 3.8) is 0 Å². The van der Waals surface area contributed by atoms with Gasteiger partial charge in [0.05, 0.1) is 5.75 Å². The van der Waals surface area contributed by atoms with Gasteiger partial charge in [0, 0.05) is 12.7 Å². The summed E-state index contributed by atoms with van der Waals surface area (Å²) in [6.07, 6.45) is 1.75. The molecule has 0 aliphatic rings. The molecule has 76 valence electrons. The summed E-state index contributed by atoms with van der Waals surface area (Å²) < 4.78 is 0. The number of aromatic nitrogens is 1. The van der Waals surface area contributed by atoms with E-state index in [-0.39, 0.29) is 5.91 Å². The largest absolute Gasteiger partial charge is 0.356 e. The van der Waals surface area contributed by atoms with Crippen LogP contribution in [0, 0.1) is 0 Å². The van der Waals surface area contributed by atoms with E-state index in [0.717, 1.165) is 5.03 Å². The SMILES string of the molecule is CCNC(=O)CSSc1ccccn1. The highest BCUT2D eigenvalue weighted by Crippen LogP contribution is 2.28. The average Bonchev–Trinajstić information content (AvgIpc) is 2.20. The molecule has 0 saturated heterocycles. The number of hydrogen-bond donors (Lipinski definition) is 1. The summed E-state index contributed by atoms with van der Waals surface area (Å²) in [6.45, 7) is 2.60. The molecule has 14 heavy (non-hydrogen) atoms. The van der Waals surface area contributed by atoms with Crippen molar-refractivity contribution >= 4 is 27.5 Å². The van der Waals surface area contributed by atoms with Crippen LogP contribution in [-0.4, -0.2) is 23.2 Å². The molecule has 1 amide bonds. The second-order valence-corrected chi connectivity index (χ2v) is 4.78. The molecule has 1 N–H and O–H groups in total. The van der Waals surface area contributed by atoms with Crippen molar-refractivity contribution in [3.05, 3.63) is 24.4 Å². The van der Waals surface area contributed by atoms with E-state index >= 15 is 0 Å². The Morgan fingerprint density at radius 1 is 1.57 bits per heavy atom. The zero-order valence-corrected chi connectivity index (χ0v) is 9.53. The number of nitrogens with zero attached hydrogens (tertiary/aromatic N) is 1. The van der Waals surface area contributed by atoms with E-state index in [9.17, 15) is 4.79 Å². The molecule has 0 atom stereocenters. The molecule has 0 aromatic carbocycles. The van der Waals surface area contributed by atoms with Crippen LogP contribution in [0.15, 0.2) is 29.4 Å². The highest BCUT2D eigenvalue weighted by Gasteiger charge is 2.00. The summed E-state index contributed by atoms with van der Waals surface area (Å²) in [6, 6.07) is 5.73. The van der Waals surface area contributed by atoms with E-state index in [4.69, 9.17) is 0 Å². The zero-order valence-electron chi connectivity index (χ0n) is 7.90. The summed E-state index contributed by atoms with van der Waals surface area (Å²) in [5, 5.41) is 3.67. The summed E-state index contributed by atoms with van der Waals surface area (Å²) in [4.78, 5) is 15.2. The summed E-state index contributed by atoms with van der Waals surface area (Å²) >= 11 is 0. The van der Waals surface area contributed by atoms with E-state index < -0.39 is 0 Å². The van der Waals surface area contributed by atoms with Crippen molar-refractivity contribution < 1.29 is 4.79 Å². The molecule has 0 radical (unpaired) electrons. The first-order chi connectivity index (χ1) is 6.83. The van der Waals surface area contributed by atoms with Crippen molar-refractivity contribution in [2.24, 2.45) is 0 Å². The third kappa shape index (κ3) is 4.53. The number of amides is 1. The maximum absolute atomic E-state index is 11.1. The number of pyridine rings is 1. The molecular formula is C9H12N2OS2. The van der Waals surface area contributed by atoms with Crippen molar-refractivity contribution in [3.8, 4) is 0 Å². The monoisotopic (exact) mass is 228 g/mol. The Labute approximate surface area is 91.5 Å². The summed E-state index contributed by atoms with van der Waals surface area (Å²) in [5.74, 6) is 0.538. The third-order valence-electron chi connectivity index (χ3n) is 1.35. The van der Waals surface area contributed by atoms with Gasteiger partial charge in [0.1, 0.15) is 5.03 Å². The van der Waals surface area contributed by atoms with Gasteiger partial charge in [-0.2, -0.15) is 0 Å². The number of hydrogen-bond acceptors (Lipinski definition) is 4. The summed E-state index contributed by atoms with van der Waals surface area (Å²) in [5.41, 5.74) is 0. The fourth-order valence-electron chi connectivity index (χ4n) is 0.788. The van der Waals surface area contributed by atoms with Gasteiger partial charge in [-0.3, -0.25) is 4.79 Å². The summed E-state index contributed by atoms with van der Waals surface area (Å²) in [7, 11) is 3.02. The molecule has 1 heterocycles. The maximum atomic E-state index is 11.1. The van der Waals surface area contributed by atoms with Gasteiger partial charge >= 0.3 is 0 Å². The van der Waals surface area contributed by atoms with Crippen LogP contribution in [0.5, 0.6) is 0 Å². The standard InChI is InChI=1S/C9H12N2OS2/c1-2-10-8(12)7-13-14-9-5-3-4-6-11-9/h3-6H,2,7H2,1H3,(H,10,12). The van der Waals surface area contributed by atoms with Gasteiger partial charge in [-0.15, -0.1) is 0 Å². The lowest BCUT2D eigenvalue weighted by molar-refractivity contribution is -0.118. The quantitative estimate of drug-likeness (QED) is 0.782. The van der Waals surface area contributed by atoms with Crippen molar-refractivity contribution in [1.29, 1.82) is 0 Å². The van der Waals surface area contributed by atoms with Gasteiger partial charge in [-0.25, -0.2) is 4.98 Å². The van der Waals surface area contributed by atoms with Crippen molar-refractivity contribution in [2.75, 3.05) is 12.3 Å². The first-order valence-corrected chi connectivity index (χ1v) is 6.62. The second kappa shape index (κ2) is 6.73. The van der Waals surface area contributed by atoms with Crippen LogP contribution in [0.3, 0.4) is 0 Å². The molecule has 0 bridgehead atoms. The number of carbonyl (C=O) groups is 1. The van der Waals surface area contributed by atoms with E-state index in [1.165, 1.54) is 21.6 Å². The zero-order chi connectivity index (χ0) is 10.2. The molecule has 5 heteroatoms. The predicted octanol–water partition coefficient (Wildman–Crippen LogP) is 1.96. The third-order valence-corrected chi connectivity index (χ3v) is 3.48. The molecule has 1 rings (SSSR count). The topological polar surface area (TPSA) is 42.0 Å². The first kappa shape index (κ1) is 11.4. The first-order valence-electron chi connectivity index (χ1n) is 4.30. The van der Waals surface area contributed by atoms with Crippen molar-refractivity contribution in [2.45, 2.75) is 11.9 Å². The van der Waals surface area contributed by atoms with Crippen LogP contribution >= 0.6 is 21.6 Å². The minimum absolute atomic E-state index is 0.0703. The van der Waals surface area contributed by atoms with Crippen LogP contribution in [0.25, 0.3) is 0 Å². The van der Waals surface area contributed by atoms with E-state index in [0.29, 0.717) is 12.3 Å². The van der Waals surface area contributed by atoms with Gasteiger partial charge in [-0.1, -0.05) is 16.9 Å².